The third-order valence-corrected chi connectivity index (χ3v) is 4.69. The quantitative estimate of drug-likeness (QED) is 0.870. The highest BCUT2D eigenvalue weighted by molar-refractivity contribution is 6.30. The smallest absolute Gasteiger partial charge is 0.349 e. The molecular formula is C17H17ClF3N3O. The molecular weight excluding hydrogens is 355 g/mol. The molecule has 1 saturated carbocycles. The Bertz CT molecular complexity index is 742. The molecule has 0 bridgehead atoms. The Balaban J connectivity index is 1.72. The van der Waals surface area contributed by atoms with Gasteiger partial charge in [0.2, 0.25) is 0 Å². The molecule has 2 unspecified atom stereocenters. The maximum Gasteiger partial charge on any atom is 0.393 e. The van der Waals surface area contributed by atoms with Gasteiger partial charge in [0.25, 0.3) is 5.91 Å². The lowest BCUT2D eigenvalue weighted by molar-refractivity contribution is -0.187. The Kier molecular flexibility index (Phi) is 5.03. The van der Waals surface area contributed by atoms with Crippen LogP contribution in [-0.4, -0.2) is 27.9 Å². The van der Waals surface area contributed by atoms with Crippen molar-refractivity contribution in [2.75, 3.05) is 0 Å². The third kappa shape index (κ3) is 4.15. The maximum atomic E-state index is 13.1. The lowest BCUT2D eigenvalue weighted by Crippen LogP contribution is -2.47. The highest BCUT2D eigenvalue weighted by Gasteiger charge is 2.46. The van der Waals surface area contributed by atoms with Gasteiger partial charge in [-0.2, -0.15) is 18.3 Å². The average molecular weight is 372 g/mol. The molecule has 0 aliphatic heterocycles. The average Bonchev–Trinajstić information content (AvgIpc) is 3.05. The fourth-order valence-corrected chi connectivity index (χ4v) is 3.25. The van der Waals surface area contributed by atoms with Crippen LogP contribution in [0.5, 0.6) is 0 Å². The van der Waals surface area contributed by atoms with Crippen LogP contribution in [0.4, 0.5) is 13.2 Å². The zero-order chi connectivity index (χ0) is 18.0. The van der Waals surface area contributed by atoms with E-state index in [4.69, 9.17) is 11.6 Å². The minimum Gasteiger partial charge on any atom is -0.349 e. The second-order valence-corrected chi connectivity index (χ2v) is 6.60. The molecule has 0 spiro atoms. The number of carbonyl (C=O) groups excluding carboxylic acids is 1. The summed E-state index contributed by atoms with van der Waals surface area (Å²) in [4.78, 5) is 12.3. The summed E-state index contributed by atoms with van der Waals surface area (Å²) >= 11 is 5.83. The third-order valence-electron chi connectivity index (χ3n) is 4.44. The Morgan fingerprint density at radius 1 is 1.20 bits per heavy atom. The van der Waals surface area contributed by atoms with Gasteiger partial charge < -0.3 is 5.32 Å². The summed E-state index contributed by atoms with van der Waals surface area (Å²) in [5.41, 5.74) is 0.927. The number of nitrogens with zero attached hydrogens (tertiary/aromatic N) is 2. The number of hydrogen-bond acceptors (Lipinski definition) is 2. The molecule has 1 aliphatic carbocycles. The van der Waals surface area contributed by atoms with Crippen molar-refractivity contribution < 1.29 is 18.0 Å². The zero-order valence-corrected chi connectivity index (χ0v) is 14.0. The van der Waals surface area contributed by atoms with Gasteiger partial charge in [-0.1, -0.05) is 24.4 Å². The number of rotatable bonds is 3. The molecule has 1 N–H and O–H groups in total. The van der Waals surface area contributed by atoms with Crippen LogP contribution in [0.25, 0.3) is 5.69 Å². The summed E-state index contributed by atoms with van der Waals surface area (Å²) in [6.07, 6.45) is 0.136. The van der Waals surface area contributed by atoms with Gasteiger partial charge in [-0.05, 0) is 37.1 Å². The van der Waals surface area contributed by atoms with E-state index in [0.717, 1.165) is 0 Å². The Labute approximate surface area is 148 Å². The van der Waals surface area contributed by atoms with Crippen LogP contribution in [0, 0.1) is 5.92 Å². The molecule has 0 saturated heterocycles. The molecule has 3 rings (SSSR count). The van der Waals surface area contributed by atoms with Gasteiger partial charge in [0.1, 0.15) is 0 Å². The molecule has 1 aromatic carbocycles. The van der Waals surface area contributed by atoms with E-state index in [2.05, 4.69) is 10.4 Å². The molecule has 0 radical (unpaired) electrons. The number of hydrogen-bond donors (Lipinski definition) is 1. The van der Waals surface area contributed by atoms with Crippen molar-refractivity contribution >= 4 is 17.5 Å². The first-order chi connectivity index (χ1) is 11.8. The Morgan fingerprint density at radius 2 is 1.88 bits per heavy atom. The van der Waals surface area contributed by atoms with E-state index in [1.807, 2.05) is 0 Å². The molecule has 2 aromatic rings. The van der Waals surface area contributed by atoms with Crippen molar-refractivity contribution in [3.05, 3.63) is 47.2 Å². The van der Waals surface area contributed by atoms with E-state index in [1.165, 1.54) is 17.1 Å². The lowest BCUT2D eigenvalue weighted by atomic mass is 9.84. The number of aromatic nitrogens is 2. The van der Waals surface area contributed by atoms with E-state index in [0.29, 0.717) is 30.0 Å². The van der Waals surface area contributed by atoms with Crippen molar-refractivity contribution in [3.63, 3.8) is 0 Å². The second kappa shape index (κ2) is 7.07. The van der Waals surface area contributed by atoms with E-state index < -0.39 is 24.0 Å². The largest absolute Gasteiger partial charge is 0.393 e. The van der Waals surface area contributed by atoms with E-state index >= 15 is 0 Å². The van der Waals surface area contributed by atoms with Crippen LogP contribution >= 0.6 is 11.6 Å². The lowest BCUT2D eigenvalue weighted by Gasteiger charge is -2.33. The van der Waals surface area contributed by atoms with Crippen molar-refractivity contribution in [2.45, 2.75) is 37.9 Å². The van der Waals surface area contributed by atoms with Crippen LogP contribution in [0.1, 0.15) is 36.0 Å². The van der Waals surface area contributed by atoms with Crippen molar-refractivity contribution in [1.82, 2.24) is 15.1 Å². The fraction of sp³-hybridized carbons (Fsp3) is 0.412. The monoisotopic (exact) mass is 371 g/mol. The summed E-state index contributed by atoms with van der Waals surface area (Å²) < 4.78 is 40.9. The molecule has 1 aromatic heterocycles. The summed E-state index contributed by atoms with van der Waals surface area (Å²) in [5.74, 6) is -2.03. The first kappa shape index (κ1) is 17.8. The second-order valence-electron chi connectivity index (χ2n) is 6.16. The topological polar surface area (TPSA) is 46.9 Å². The molecule has 4 nitrogen and oxygen atoms in total. The van der Waals surface area contributed by atoms with E-state index in [1.54, 1.807) is 24.3 Å². The molecule has 1 amide bonds. The SMILES string of the molecule is O=C(NC1CCCCC1C(F)(F)F)c1cnn(-c2ccc(Cl)cc2)c1. The van der Waals surface area contributed by atoms with Gasteiger partial charge in [0.05, 0.1) is 23.4 Å². The minimum atomic E-state index is -4.30. The summed E-state index contributed by atoms with van der Waals surface area (Å²) in [5, 5.41) is 7.19. The fourth-order valence-electron chi connectivity index (χ4n) is 3.12. The van der Waals surface area contributed by atoms with Crippen LogP contribution in [0.2, 0.25) is 5.02 Å². The Morgan fingerprint density at radius 3 is 2.56 bits per heavy atom. The van der Waals surface area contributed by atoms with Gasteiger partial charge in [-0.3, -0.25) is 4.79 Å². The van der Waals surface area contributed by atoms with Crippen molar-refractivity contribution in [2.24, 2.45) is 5.92 Å². The molecule has 134 valence electrons. The number of amides is 1. The van der Waals surface area contributed by atoms with Gasteiger partial charge in [-0.15, -0.1) is 0 Å². The van der Waals surface area contributed by atoms with E-state index in [-0.39, 0.29) is 12.0 Å². The zero-order valence-electron chi connectivity index (χ0n) is 13.3. The number of halogens is 4. The van der Waals surface area contributed by atoms with Gasteiger partial charge in [0.15, 0.2) is 0 Å². The molecule has 25 heavy (non-hydrogen) atoms. The number of alkyl halides is 3. The highest BCUT2D eigenvalue weighted by atomic mass is 35.5. The first-order valence-electron chi connectivity index (χ1n) is 8.03. The van der Waals surface area contributed by atoms with Crippen LogP contribution < -0.4 is 5.32 Å². The molecule has 1 heterocycles. The predicted molar refractivity (Wildman–Crippen MR) is 87.8 cm³/mol. The first-order valence-corrected chi connectivity index (χ1v) is 8.40. The molecule has 2 atom stereocenters. The number of nitrogens with one attached hydrogen (secondary N) is 1. The van der Waals surface area contributed by atoms with Gasteiger partial charge in [-0.25, -0.2) is 4.68 Å². The van der Waals surface area contributed by atoms with Crippen LogP contribution in [0.15, 0.2) is 36.7 Å². The van der Waals surface area contributed by atoms with Crippen molar-refractivity contribution in [3.8, 4) is 5.69 Å². The van der Waals surface area contributed by atoms with Crippen LogP contribution in [-0.2, 0) is 0 Å². The minimum absolute atomic E-state index is 0.0541. The number of benzene rings is 1. The molecule has 1 fully saturated rings. The van der Waals surface area contributed by atoms with Gasteiger partial charge >= 0.3 is 6.18 Å². The summed E-state index contributed by atoms with van der Waals surface area (Å²) in [6.45, 7) is 0. The van der Waals surface area contributed by atoms with E-state index in [9.17, 15) is 18.0 Å². The summed E-state index contributed by atoms with van der Waals surface area (Å²) in [7, 11) is 0. The Hall–Kier alpha value is -2.02. The normalized spacial score (nSPS) is 21.1. The maximum absolute atomic E-state index is 13.1. The molecule has 1 aliphatic rings. The number of carbonyl (C=O) groups is 1. The standard InChI is InChI=1S/C17H17ClF3N3O/c18-12-5-7-13(8-6-12)24-10-11(9-22-24)16(25)23-15-4-2-1-3-14(15)17(19,20)21/h5-10,14-15H,1-4H2,(H,23,25). The molecule has 8 heteroatoms. The predicted octanol–water partition coefficient (Wildman–Crippen LogP) is 4.38. The van der Waals surface area contributed by atoms with Crippen LogP contribution in [0.3, 0.4) is 0 Å². The van der Waals surface area contributed by atoms with Crippen molar-refractivity contribution in [1.29, 1.82) is 0 Å². The highest BCUT2D eigenvalue weighted by Crippen LogP contribution is 2.37. The summed E-state index contributed by atoms with van der Waals surface area (Å²) in [6, 6.07) is 5.96. The van der Waals surface area contributed by atoms with Gasteiger partial charge in [0, 0.05) is 17.3 Å².